The van der Waals surface area contributed by atoms with Crippen molar-refractivity contribution >= 4 is 38.1 Å². The first-order chi connectivity index (χ1) is 17.9. The van der Waals surface area contributed by atoms with Crippen LogP contribution in [0.15, 0.2) is 64.9 Å². The van der Waals surface area contributed by atoms with Crippen LogP contribution in [0, 0.1) is 0 Å². The molecule has 3 heterocycles. The minimum Gasteiger partial charge on any atom is -0.389 e. The minimum atomic E-state index is -3.73. The summed E-state index contributed by atoms with van der Waals surface area (Å²) < 4.78 is 38.8. The summed E-state index contributed by atoms with van der Waals surface area (Å²) in [5.74, 6) is -0.560. The molecule has 2 aromatic heterocycles. The first-order valence-corrected chi connectivity index (χ1v) is 13.8. The van der Waals surface area contributed by atoms with Gasteiger partial charge in [-0.15, -0.1) is 0 Å². The number of hydrogen-bond acceptors (Lipinski definition) is 10. The average Bonchev–Trinajstić information content (AvgIpc) is 3.34. The lowest BCUT2D eigenvalue weighted by Crippen LogP contribution is -2.38. The third kappa shape index (κ3) is 7.63. The zero-order chi connectivity index (χ0) is 26.1. The fourth-order valence-corrected chi connectivity index (χ4v) is 5.58. The van der Waals surface area contributed by atoms with Crippen LogP contribution in [0.2, 0.25) is 0 Å². The maximum atomic E-state index is 13.1. The molecule has 3 aromatic rings. The Bertz CT molecular complexity index is 1310. The van der Waals surface area contributed by atoms with Gasteiger partial charge in [0.1, 0.15) is 0 Å². The number of rotatable bonds is 11. The van der Waals surface area contributed by atoms with E-state index in [2.05, 4.69) is 25.2 Å². The quantitative estimate of drug-likeness (QED) is 0.277. The second kappa shape index (κ2) is 12.8. The van der Waals surface area contributed by atoms with E-state index in [1.54, 1.807) is 31.6 Å². The smallest absolute Gasteiger partial charge is 0.280 e. The fraction of sp³-hybridized carbons (Fsp3) is 0.333. The first-order valence-electron chi connectivity index (χ1n) is 11.5. The van der Waals surface area contributed by atoms with E-state index in [1.807, 2.05) is 6.07 Å². The van der Waals surface area contributed by atoms with Gasteiger partial charge in [0.05, 0.1) is 22.1 Å². The molecule has 1 amide bonds. The van der Waals surface area contributed by atoms with Crippen LogP contribution in [-0.2, 0) is 42.3 Å². The number of nitrogens with one attached hydrogen (secondary N) is 2. The molecule has 1 aromatic carbocycles. The number of amides is 1. The van der Waals surface area contributed by atoms with Gasteiger partial charge >= 0.3 is 0 Å². The van der Waals surface area contributed by atoms with Gasteiger partial charge in [-0.1, -0.05) is 34.7 Å². The predicted octanol–water partition coefficient (Wildman–Crippen LogP) is 2.70. The molecule has 37 heavy (non-hydrogen) atoms. The van der Waals surface area contributed by atoms with Crippen LogP contribution in [0.1, 0.15) is 29.0 Å². The van der Waals surface area contributed by atoms with Crippen molar-refractivity contribution in [2.24, 2.45) is 5.16 Å². The van der Waals surface area contributed by atoms with Crippen LogP contribution in [0.4, 0.5) is 5.13 Å². The number of hydrogen-bond donors (Lipinski definition) is 2. The lowest BCUT2D eigenvalue weighted by Gasteiger charge is -2.23. The van der Waals surface area contributed by atoms with Crippen molar-refractivity contribution in [2.45, 2.75) is 37.0 Å². The number of pyridine rings is 1. The maximum absolute atomic E-state index is 13.1. The van der Waals surface area contributed by atoms with Gasteiger partial charge in [0.15, 0.2) is 17.5 Å². The van der Waals surface area contributed by atoms with Crippen molar-refractivity contribution < 1.29 is 27.5 Å². The van der Waals surface area contributed by atoms with E-state index in [1.165, 1.54) is 35.6 Å². The molecule has 1 aliphatic heterocycles. The van der Waals surface area contributed by atoms with Gasteiger partial charge in [-0.2, -0.15) is 0 Å². The van der Waals surface area contributed by atoms with E-state index < -0.39 is 15.9 Å². The van der Waals surface area contributed by atoms with Crippen LogP contribution in [0.25, 0.3) is 0 Å². The highest BCUT2D eigenvalue weighted by Crippen LogP contribution is 2.20. The highest BCUT2D eigenvalue weighted by Gasteiger charge is 2.23. The maximum Gasteiger partial charge on any atom is 0.280 e. The monoisotopic (exact) mass is 545 g/mol. The van der Waals surface area contributed by atoms with E-state index >= 15 is 0 Å². The van der Waals surface area contributed by atoms with Crippen LogP contribution in [-0.4, -0.2) is 56.4 Å². The number of carbonyl (C=O) groups excluding carboxylic acids is 1. The van der Waals surface area contributed by atoms with Crippen molar-refractivity contribution in [3.05, 3.63) is 71.0 Å². The summed E-state index contributed by atoms with van der Waals surface area (Å²) in [4.78, 5) is 27.8. The van der Waals surface area contributed by atoms with Crippen molar-refractivity contribution in [3.8, 4) is 0 Å². The second-order valence-corrected chi connectivity index (χ2v) is 10.9. The summed E-state index contributed by atoms with van der Waals surface area (Å²) in [5.41, 5.74) is 0.966. The van der Waals surface area contributed by atoms with Gasteiger partial charge in [0.25, 0.3) is 5.91 Å². The zero-order valence-corrected chi connectivity index (χ0v) is 21.8. The van der Waals surface area contributed by atoms with Gasteiger partial charge in [-0.25, -0.2) is 18.1 Å². The molecule has 0 spiro atoms. The number of nitrogens with zero attached hydrogens (tertiary/aromatic N) is 3. The van der Waals surface area contributed by atoms with Crippen molar-refractivity contribution in [2.75, 3.05) is 25.6 Å². The highest BCUT2D eigenvalue weighted by atomic mass is 32.2. The van der Waals surface area contributed by atoms with Crippen molar-refractivity contribution in [1.29, 1.82) is 0 Å². The lowest BCUT2D eigenvalue weighted by atomic mass is 10.1. The Morgan fingerprint density at radius 1 is 1.14 bits per heavy atom. The number of aromatic nitrogens is 2. The van der Waals surface area contributed by atoms with Crippen molar-refractivity contribution in [3.63, 3.8) is 0 Å². The van der Waals surface area contributed by atoms with Gasteiger partial charge in [-0.05, 0) is 37.1 Å². The molecular formula is C24H27N5O6S2. The standard InChI is InChI=1S/C24H27N5O6S2/c1-33-16-20-14-26-24(36-20)27-23(30)22(28-35-15-19-4-2-3-11-25-19)17-5-7-21(8-6-17)37(31,32)29-18-9-12-34-13-10-18/h2-8,11,14,18,29H,9-10,12-13,15-16H2,1H3,(H,26,27,30)/b28-22+. The summed E-state index contributed by atoms with van der Waals surface area (Å²) in [6, 6.07) is 11.1. The van der Waals surface area contributed by atoms with Crippen LogP contribution < -0.4 is 10.0 Å². The Balaban J connectivity index is 1.52. The number of sulfonamides is 1. The molecule has 13 heteroatoms. The molecule has 196 valence electrons. The third-order valence-corrected chi connectivity index (χ3v) is 7.77. The van der Waals surface area contributed by atoms with E-state index in [0.717, 1.165) is 4.88 Å². The molecule has 0 bridgehead atoms. The molecular weight excluding hydrogens is 518 g/mol. The number of oxime groups is 1. The zero-order valence-electron chi connectivity index (χ0n) is 20.1. The Morgan fingerprint density at radius 3 is 2.62 bits per heavy atom. The molecule has 2 N–H and O–H groups in total. The number of anilines is 1. The molecule has 1 aliphatic rings. The summed E-state index contributed by atoms with van der Waals surface area (Å²) >= 11 is 1.27. The highest BCUT2D eigenvalue weighted by molar-refractivity contribution is 7.89. The second-order valence-electron chi connectivity index (χ2n) is 8.09. The fourth-order valence-electron chi connectivity index (χ4n) is 3.50. The van der Waals surface area contributed by atoms with E-state index in [9.17, 15) is 13.2 Å². The van der Waals surface area contributed by atoms with E-state index in [4.69, 9.17) is 14.3 Å². The molecule has 1 fully saturated rings. The summed E-state index contributed by atoms with van der Waals surface area (Å²) in [6.45, 7) is 1.46. The summed E-state index contributed by atoms with van der Waals surface area (Å²) in [5, 5.41) is 7.13. The summed E-state index contributed by atoms with van der Waals surface area (Å²) in [6.07, 6.45) is 4.47. The van der Waals surface area contributed by atoms with Gasteiger partial charge in [-0.3, -0.25) is 15.1 Å². The lowest BCUT2D eigenvalue weighted by molar-refractivity contribution is -0.110. The van der Waals surface area contributed by atoms with Gasteiger partial charge in [0.2, 0.25) is 10.0 Å². The summed E-state index contributed by atoms with van der Waals surface area (Å²) in [7, 11) is -2.16. The number of methoxy groups -OCH3 is 1. The molecule has 11 nitrogen and oxygen atoms in total. The van der Waals surface area contributed by atoms with Gasteiger partial charge in [0, 0.05) is 44.3 Å². The Morgan fingerprint density at radius 2 is 1.92 bits per heavy atom. The van der Waals surface area contributed by atoms with Crippen LogP contribution in [0.5, 0.6) is 0 Å². The molecule has 0 unspecified atom stereocenters. The van der Waals surface area contributed by atoms with Crippen LogP contribution in [0.3, 0.4) is 0 Å². The Kier molecular flexibility index (Phi) is 9.30. The molecule has 0 saturated carbocycles. The van der Waals surface area contributed by atoms with Gasteiger partial charge < -0.3 is 14.3 Å². The minimum absolute atomic E-state index is 0.0410. The largest absolute Gasteiger partial charge is 0.389 e. The molecule has 4 rings (SSSR count). The molecule has 1 saturated heterocycles. The van der Waals surface area contributed by atoms with E-state index in [-0.39, 0.29) is 23.3 Å². The number of thiazole rings is 1. The SMILES string of the molecule is COCc1cnc(NC(=O)/C(=N/OCc2ccccn2)c2ccc(S(=O)(=O)NC3CCOCC3)cc2)s1. The Labute approximate surface area is 218 Å². The Hall–Kier alpha value is -3.23. The predicted molar refractivity (Wildman–Crippen MR) is 138 cm³/mol. The number of carbonyl (C=O) groups is 1. The molecule has 0 radical (unpaired) electrons. The van der Waals surface area contributed by atoms with E-state index in [0.29, 0.717) is 49.1 Å². The molecule has 0 aliphatic carbocycles. The number of ether oxygens (including phenoxy) is 2. The first kappa shape index (κ1) is 26.8. The van der Waals surface area contributed by atoms with Crippen LogP contribution >= 0.6 is 11.3 Å². The van der Waals surface area contributed by atoms with Crippen molar-refractivity contribution in [1.82, 2.24) is 14.7 Å². The average molecular weight is 546 g/mol. The normalized spacial score (nSPS) is 14.9. The number of benzene rings is 1. The topological polar surface area (TPSA) is 141 Å². The third-order valence-electron chi connectivity index (χ3n) is 5.35. The molecule has 0 atom stereocenters.